The number of hydrogen-bond donors (Lipinski definition) is 0. The fraction of sp³-hybridized carbons (Fsp3) is 0.143. The average molecular weight is 392 g/mol. The predicted octanol–water partition coefficient (Wildman–Crippen LogP) is 5.92. The molecule has 0 aliphatic carbocycles. The zero-order chi connectivity index (χ0) is 13.1. The van der Waals surface area contributed by atoms with E-state index in [1.807, 2.05) is 24.3 Å². The summed E-state index contributed by atoms with van der Waals surface area (Å²) < 4.78 is 14.7. The molecule has 0 aromatic heterocycles. The molecule has 0 heterocycles. The van der Waals surface area contributed by atoms with Crippen molar-refractivity contribution in [3.05, 3.63) is 68.9 Å². The van der Waals surface area contributed by atoms with Gasteiger partial charge in [0.2, 0.25) is 0 Å². The van der Waals surface area contributed by atoms with E-state index in [0.29, 0.717) is 17.0 Å². The Balaban J connectivity index is 2.21. The molecule has 0 radical (unpaired) electrons. The van der Waals surface area contributed by atoms with Gasteiger partial charge in [-0.25, -0.2) is 4.39 Å². The normalized spacial score (nSPS) is 12.4. The van der Waals surface area contributed by atoms with Crippen LogP contribution in [0.25, 0.3) is 0 Å². The minimum Gasteiger partial charge on any atom is -0.207 e. The SMILES string of the molecule is Fc1cccc(Cl)c1CC(Br)c1ccc(Br)cc1. The van der Waals surface area contributed by atoms with Crippen molar-refractivity contribution in [3.63, 3.8) is 0 Å². The third kappa shape index (κ3) is 3.34. The lowest BCUT2D eigenvalue weighted by Crippen LogP contribution is -1.99. The first-order chi connectivity index (χ1) is 8.58. The smallest absolute Gasteiger partial charge is 0.127 e. The summed E-state index contributed by atoms with van der Waals surface area (Å²) in [7, 11) is 0. The molecule has 0 nitrogen and oxygen atoms in total. The van der Waals surface area contributed by atoms with Gasteiger partial charge < -0.3 is 0 Å². The fourth-order valence-electron chi connectivity index (χ4n) is 1.70. The Morgan fingerprint density at radius 2 is 1.78 bits per heavy atom. The fourth-order valence-corrected chi connectivity index (χ4v) is 2.83. The van der Waals surface area contributed by atoms with Gasteiger partial charge in [0.05, 0.1) is 0 Å². The van der Waals surface area contributed by atoms with Gasteiger partial charge in [0.1, 0.15) is 5.82 Å². The average Bonchev–Trinajstić information content (AvgIpc) is 2.34. The van der Waals surface area contributed by atoms with Gasteiger partial charge in [-0.15, -0.1) is 0 Å². The van der Waals surface area contributed by atoms with Crippen LogP contribution in [-0.4, -0.2) is 0 Å². The van der Waals surface area contributed by atoms with E-state index >= 15 is 0 Å². The van der Waals surface area contributed by atoms with Gasteiger partial charge in [-0.05, 0) is 36.2 Å². The summed E-state index contributed by atoms with van der Waals surface area (Å²) in [5.41, 5.74) is 1.64. The van der Waals surface area contributed by atoms with Crippen molar-refractivity contribution in [2.24, 2.45) is 0 Å². The molecule has 0 fully saturated rings. The molecule has 0 aliphatic heterocycles. The van der Waals surface area contributed by atoms with Gasteiger partial charge in [-0.2, -0.15) is 0 Å². The second-order valence-corrected chi connectivity index (χ2v) is 6.35. The number of hydrogen-bond acceptors (Lipinski definition) is 0. The standard InChI is InChI=1S/C14H10Br2ClF/c15-10-6-4-9(5-7-10)12(16)8-11-13(17)2-1-3-14(11)18/h1-7,12H,8H2. The first-order valence-electron chi connectivity index (χ1n) is 5.40. The van der Waals surface area contributed by atoms with Crippen LogP contribution in [0.4, 0.5) is 4.39 Å². The van der Waals surface area contributed by atoms with Crippen LogP contribution in [0.2, 0.25) is 5.02 Å². The maximum atomic E-state index is 13.7. The van der Waals surface area contributed by atoms with E-state index in [1.54, 1.807) is 12.1 Å². The van der Waals surface area contributed by atoms with E-state index in [4.69, 9.17) is 11.6 Å². The van der Waals surface area contributed by atoms with Crippen molar-refractivity contribution in [2.45, 2.75) is 11.2 Å². The van der Waals surface area contributed by atoms with Crippen molar-refractivity contribution in [2.75, 3.05) is 0 Å². The lowest BCUT2D eigenvalue weighted by atomic mass is 10.0. The Morgan fingerprint density at radius 1 is 1.11 bits per heavy atom. The first kappa shape index (κ1) is 14.0. The van der Waals surface area contributed by atoms with Crippen LogP contribution in [0.5, 0.6) is 0 Å². The summed E-state index contributed by atoms with van der Waals surface area (Å²) in [5.74, 6) is -0.260. The molecule has 0 bridgehead atoms. The minimum absolute atomic E-state index is 0.0417. The van der Waals surface area contributed by atoms with Crippen LogP contribution in [0.15, 0.2) is 46.9 Å². The molecule has 1 atom stereocenters. The largest absolute Gasteiger partial charge is 0.207 e. The quantitative estimate of drug-likeness (QED) is 0.569. The molecule has 18 heavy (non-hydrogen) atoms. The number of benzene rings is 2. The Kier molecular flexibility index (Phi) is 4.82. The van der Waals surface area contributed by atoms with Crippen LogP contribution in [0.3, 0.4) is 0 Å². The minimum atomic E-state index is -0.260. The Labute approximate surface area is 127 Å². The molecule has 0 saturated carbocycles. The molecule has 4 heteroatoms. The van der Waals surface area contributed by atoms with Gasteiger partial charge in [0.25, 0.3) is 0 Å². The maximum Gasteiger partial charge on any atom is 0.127 e. The second kappa shape index (κ2) is 6.18. The van der Waals surface area contributed by atoms with Gasteiger partial charge in [0.15, 0.2) is 0 Å². The molecule has 2 aromatic rings. The lowest BCUT2D eigenvalue weighted by molar-refractivity contribution is 0.608. The maximum absolute atomic E-state index is 13.7. The monoisotopic (exact) mass is 390 g/mol. The predicted molar refractivity (Wildman–Crippen MR) is 80.9 cm³/mol. The van der Waals surface area contributed by atoms with Gasteiger partial charge in [-0.1, -0.05) is 61.7 Å². The molecule has 0 amide bonds. The third-order valence-corrected chi connectivity index (χ3v) is 4.41. The van der Waals surface area contributed by atoms with Gasteiger partial charge >= 0.3 is 0 Å². The van der Waals surface area contributed by atoms with E-state index in [2.05, 4.69) is 31.9 Å². The van der Waals surface area contributed by atoms with E-state index in [1.165, 1.54) is 6.07 Å². The highest BCUT2D eigenvalue weighted by Gasteiger charge is 2.14. The third-order valence-electron chi connectivity index (χ3n) is 2.68. The molecule has 2 aromatic carbocycles. The van der Waals surface area contributed by atoms with Gasteiger partial charge in [0, 0.05) is 19.9 Å². The van der Waals surface area contributed by atoms with Crippen molar-refractivity contribution in [1.82, 2.24) is 0 Å². The zero-order valence-electron chi connectivity index (χ0n) is 9.34. The molecule has 1 unspecified atom stereocenters. The molecular weight excluding hydrogens is 382 g/mol. The van der Waals surface area contributed by atoms with E-state index in [0.717, 1.165) is 10.0 Å². The Bertz CT molecular complexity index is 520. The Hall–Kier alpha value is -0.380. The highest BCUT2D eigenvalue weighted by atomic mass is 79.9. The summed E-state index contributed by atoms with van der Waals surface area (Å²) in [5, 5.41) is 0.469. The molecule has 0 aliphatic rings. The number of alkyl halides is 1. The van der Waals surface area contributed by atoms with E-state index < -0.39 is 0 Å². The summed E-state index contributed by atoms with van der Waals surface area (Å²) in [6.07, 6.45) is 0.521. The lowest BCUT2D eigenvalue weighted by Gasteiger charge is -2.12. The van der Waals surface area contributed by atoms with Gasteiger partial charge in [-0.3, -0.25) is 0 Å². The highest BCUT2D eigenvalue weighted by molar-refractivity contribution is 9.10. The molecule has 0 N–H and O–H groups in total. The van der Waals surface area contributed by atoms with Crippen LogP contribution in [0, 0.1) is 5.82 Å². The molecule has 0 saturated heterocycles. The molecule has 94 valence electrons. The Morgan fingerprint density at radius 3 is 2.39 bits per heavy atom. The van der Waals surface area contributed by atoms with E-state index in [-0.39, 0.29) is 10.6 Å². The molecule has 0 spiro atoms. The van der Waals surface area contributed by atoms with Crippen molar-refractivity contribution < 1.29 is 4.39 Å². The van der Waals surface area contributed by atoms with Crippen LogP contribution in [0.1, 0.15) is 16.0 Å². The second-order valence-electron chi connectivity index (χ2n) is 3.92. The summed E-state index contributed by atoms with van der Waals surface area (Å²) in [6.45, 7) is 0. The van der Waals surface area contributed by atoms with E-state index in [9.17, 15) is 4.39 Å². The topological polar surface area (TPSA) is 0 Å². The summed E-state index contributed by atoms with van der Waals surface area (Å²) in [6, 6.07) is 12.7. The molecular formula is C14H10Br2ClF. The number of rotatable bonds is 3. The van der Waals surface area contributed by atoms with Crippen LogP contribution >= 0.6 is 43.5 Å². The van der Waals surface area contributed by atoms with Crippen molar-refractivity contribution in [1.29, 1.82) is 0 Å². The summed E-state index contributed by atoms with van der Waals surface area (Å²) in [4.78, 5) is 0.0417. The molecule has 2 rings (SSSR count). The highest BCUT2D eigenvalue weighted by Crippen LogP contribution is 2.31. The summed E-state index contributed by atoms with van der Waals surface area (Å²) >= 11 is 13.0. The number of halogens is 4. The first-order valence-corrected chi connectivity index (χ1v) is 7.49. The van der Waals surface area contributed by atoms with Crippen molar-refractivity contribution >= 4 is 43.5 Å². The van der Waals surface area contributed by atoms with Crippen LogP contribution < -0.4 is 0 Å². The van der Waals surface area contributed by atoms with Crippen molar-refractivity contribution in [3.8, 4) is 0 Å². The zero-order valence-corrected chi connectivity index (χ0v) is 13.3. The van der Waals surface area contributed by atoms with Crippen LogP contribution in [-0.2, 0) is 6.42 Å².